The molecule has 21 heavy (non-hydrogen) atoms. The maximum atomic E-state index is 13.0. The van der Waals surface area contributed by atoms with Gasteiger partial charge in [-0.15, -0.1) is 0 Å². The van der Waals surface area contributed by atoms with E-state index in [0.717, 1.165) is 4.68 Å². The Kier molecular flexibility index (Phi) is 3.12. The number of aromatic nitrogens is 4. The minimum absolute atomic E-state index is 0.0281. The van der Waals surface area contributed by atoms with E-state index in [1.165, 1.54) is 7.05 Å². The number of hydrogen-bond donors (Lipinski definition) is 2. The zero-order valence-corrected chi connectivity index (χ0v) is 11.0. The highest BCUT2D eigenvalue weighted by molar-refractivity contribution is 6.01. The molecular formula is C11H12F3N5O2. The molecule has 114 valence electrons. The average molecular weight is 303 g/mol. The molecule has 3 rings (SSSR count). The molecule has 1 saturated heterocycles. The number of alkyl halides is 3. The number of aromatic amines is 1. The van der Waals surface area contributed by atoms with E-state index in [1.807, 2.05) is 0 Å². The molecule has 0 spiro atoms. The Hall–Kier alpha value is -2.10. The number of hydrogen-bond acceptors (Lipinski definition) is 4. The number of rotatable bonds is 2. The monoisotopic (exact) mass is 303 g/mol. The van der Waals surface area contributed by atoms with Gasteiger partial charge in [-0.05, 0) is 6.42 Å². The van der Waals surface area contributed by atoms with Gasteiger partial charge in [0.25, 0.3) is 0 Å². The summed E-state index contributed by atoms with van der Waals surface area (Å²) >= 11 is 0. The summed E-state index contributed by atoms with van der Waals surface area (Å²) in [7, 11) is 1.36. The SMILES string of the molecule is Cn1nc(C(F)(F)F)c2c(NC(=O)C3CCOC3)[nH]nc21. The number of halogens is 3. The Morgan fingerprint density at radius 1 is 1.52 bits per heavy atom. The standard InChI is InChI=1S/C11H12F3N5O2/c1-19-9-6(7(18-19)11(12,13)14)8(16-17-9)15-10(20)5-2-3-21-4-5/h5H,2-4H2,1H3,(H2,15,16,17,20). The summed E-state index contributed by atoms with van der Waals surface area (Å²) in [6, 6.07) is 0. The molecule has 1 amide bonds. The molecule has 1 fully saturated rings. The predicted molar refractivity (Wildman–Crippen MR) is 65.4 cm³/mol. The predicted octanol–water partition coefficient (Wildman–Crippen LogP) is 1.29. The lowest BCUT2D eigenvalue weighted by molar-refractivity contribution is -0.140. The van der Waals surface area contributed by atoms with Crippen LogP contribution in [0.4, 0.5) is 19.0 Å². The van der Waals surface area contributed by atoms with Crippen molar-refractivity contribution < 1.29 is 22.7 Å². The van der Waals surface area contributed by atoms with Crippen LogP contribution in [0, 0.1) is 5.92 Å². The lowest BCUT2D eigenvalue weighted by Crippen LogP contribution is -2.23. The first kappa shape index (κ1) is 13.9. The number of fused-ring (bicyclic) bond motifs is 1. The summed E-state index contributed by atoms with van der Waals surface area (Å²) in [6.45, 7) is 0.736. The zero-order chi connectivity index (χ0) is 15.2. The van der Waals surface area contributed by atoms with Crippen molar-refractivity contribution in [3.63, 3.8) is 0 Å². The van der Waals surface area contributed by atoms with Crippen LogP contribution in [-0.2, 0) is 22.8 Å². The minimum atomic E-state index is -4.63. The van der Waals surface area contributed by atoms with Gasteiger partial charge in [0.2, 0.25) is 5.91 Å². The molecular weight excluding hydrogens is 291 g/mol. The van der Waals surface area contributed by atoms with Crippen LogP contribution in [0.1, 0.15) is 12.1 Å². The largest absolute Gasteiger partial charge is 0.435 e. The van der Waals surface area contributed by atoms with Crippen LogP contribution in [0.25, 0.3) is 11.0 Å². The molecule has 1 atom stereocenters. The Balaban J connectivity index is 1.97. The van der Waals surface area contributed by atoms with E-state index in [1.54, 1.807) is 0 Å². The minimum Gasteiger partial charge on any atom is -0.381 e. The van der Waals surface area contributed by atoms with Gasteiger partial charge in [-0.1, -0.05) is 0 Å². The van der Waals surface area contributed by atoms with Crippen LogP contribution in [0.5, 0.6) is 0 Å². The highest BCUT2D eigenvalue weighted by atomic mass is 19.4. The second-order valence-corrected chi connectivity index (χ2v) is 4.82. The number of nitrogens with one attached hydrogen (secondary N) is 2. The van der Waals surface area contributed by atoms with Crippen LogP contribution < -0.4 is 5.32 Å². The van der Waals surface area contributed by atoms with Crippen molar-refractivity contribution in [3.05, 3.63) is 5.69 Å². The molecule has 0 aliphatic carbocycles. The van der Waals surface area contributed by atoms with E-state index < -0.39 is 17.8 Å². The van der Waals surface area contributed by atoms with Crippen LogP contribution >= 0.6 is 0 Å². The van der Waals surface area contributed by atoms with Crippen molar-refractivity contribution >= 4 is 22.8 Å². The van der Waals surface area contributed by atoms with Gasteiger partial charge in [0, 0.05) is 13.7 Å². The fourth-order valence-corrected chi connectivity index (χ4v) is 2.29. The molecule has 2 aromatic rings. The topological polar surface area (TPSA) is 84.8 Å². The smallest absolute Gasteiger partial charge is 0.381 e. The molecule has 1 unspecified atom stereocenters. The first-order valence-electron chi connectivity index (χ1n) is 6.25. The number of amides is 1. The Labute approximate surface area is 116 Å². The van der Waals surface area contributed by atoms with Crippen molar-refractivity contribution in [2.24, 2.45) is 13.0 Å². The summed E-state index contributed by atoms with van der Waals surface area (Å²) in [4.78, 5) is 12.0. The second-order valence-electron chi connectivity index (χ2n) is 4.82. The highest BCUT2D eigenvalue weighted by Crippen LogP contribution is 2.36. The average Bonchev–Trinajstić information content (AvgIpc) is 3.08. The van der Waals surface area contributed by atoms with E-state index in [0.29, 0.717) is 13.0 Å². The molecule has 10 heteroatoms. The third-order valence-electron chi connectivity index (χ3n) is 3.36. The van der Waals surface area contributed by atoms with Gasteiger partial charge in [-0.2, -0.15) is 23.4 Å². The van der Waals surface area contributed by atoms with E-state index in [4.69, 9.17) is 4.74 Å². The maximum absolute atomic E-state index is 13.0. The number of anilines is 1. The quantitative estimate of drug-likeness (QED) is 0.875. The van der Waals surface area contributed by atoms with Gasteiger partial charge >= 0.3 is 6.18 Å². The third-order valence-corrected chi connectivity index (χ3v) is 3.36. The fraction of sp³-hybridized carbons (Fsp3) is 0.545. The fourth-order valence-electron chi connectivity index (χ4n) is 2.29. The molecule has 0 bridgehead atoms. The Bertz CT molecular complexity index is 684. The summed E-state index contributed by atoms with van der Waals surface area (Å²) in [6.07, 6.45) is -4.08. The second kappa shape index (κ2) is 4.72. The van der Waals surface area contributed by atoms with E-state index in [-0.39, 0.29) is 29.4 Å². The molecule has 3 heterocycles. The van der Waals surface area contributed by atoms with Gasteiger partial charge in [-0.25, -0.2) is 4.68 Å². The number of carbonyl (C=O) groups excluding carboxylic acids is 1. The Morgan fingerprint density at radius 2 is 2.29 bits per heavy atom. The lowest BCUT2D eigenvalue weighted by Gasteiger charge is -2.08. The van der Waals surface area contributed by atoms with Crippen LogP contribution in [0.15, 0.2) is 0 Å². The molecule has 7 nitrogen and oxygen atoms in total. The first-order valence-corrected chi connectivity index (χ1v) is 6.25. The molecule has 2 N–H and O–H groups in total. The van der Waals surface area contributed by atoms with Gasteiger partial charge < -0.3 is 10.1 Å². The van der Waals surface area contributed by atoms with Crippen molar-refractivity contribution in [3.8, 4) is 0 Å². The molecule has 0 aromatic carbocycles. The number of ether oxygens (including phenoxy) is 1. The zero-order valence-electron chi connectivity index (χ0n) is 11.0. The number of H-pyrrole nitrogens is 1. The van der Waals surface area contributed by atoms with Gasteiger partial charge in [0.15, 0.2) is 11.3 Å². The summed E-state index contributed by atoms with van der Waals surface area (Å²) in [5.74, 6) is -0.855. The van der Waals surface area contributed by atoms with E-state index >= 15 is 0 Å². The van der Waals surface area contributed by atoms with E-state index in [9.17, 15) is 18.0 Å². The van der Waals surface area contributed by atoms with Crippen molar-refractivity contribution in [2.75, 3.05) is 18.5 Å². The summed E-state index contributed by atoms with van der Waals surface area (Å²) in [5.41, 5.74) is -1.05. The van der Waals surface area contributed by atoms with Gasteiger partial charge in [0.1, 0.15) is 5.82 Å². The van der Waals surface area contributed by atoms with Crippen molar-refractivity contribution in [2.45, 2.75) is 12.6 Å². The highest BCUT2D eigenvalue weighted by Gasteiger charge is 2.39. The summed E-state index contributed by atoms with van der Waals surface area (Å²) in [5, 5.41) is 11.8. The van der Waals surface area contributed by atoms with Crippen LogP contribution in [0.2, 0.25) is 0 Å². The van der Waals surface area contributed by atoms with Crippen LogP contribution in [0.3, 0.4) is 0 Å². The number of carbonyl (C=O) groups is 1. The molecule has 0 saturated carbocycles. The number of nitrogens with zero attached hydrogens (tertiary/aromatic N) is 3. The lowest BCUT2D eigenvalue weighted by atomic mass is 10.1. The summed E-state index contributed by atoms with van der Waals surface area (Å²) < 4.78 is 45.0. The van der Waals surface area contributed by atoms with Crippen molar-refractivity contribution in [1.29, 1.82) is 0 Å². The van der Waals surface area contributed by atoms with E-state index in [2.05, 4.69) is 20.6 Å². The first-order chi connectivity index (χ1) is 9.88. The van der Waals surface area contributed by atoms with Gasteiger partial charge in [0.05, 0.1) is 17.9 Å². The Morgan fingerprint density at radius 3 is 2.90 bits per heavy atom. The van der Waals surface area contributed by atoms with Crippen LogP contribution in [-0.4, -0.2) is 39.1 Å². The van der Waals surface area contributed by atoms with Crippen molar-refractivity contribution in [1.82, 2.24) is 20.0 Å². The maximum Gasteiger partial charge on any atom is 0.435 e. The molecule has 2 aromatic heterocycles. The normalized spacial score (nSPS) is 19.3. The third kappa shape index (κ3) is 2.35. The molecule has 0 radical (unpaired) electrons. The molecule has 1 aliphatic heterocycles. The molecule has 1 aliphatic rings. The van der Waals surface area contributed by atoms with Gasteiger partial charge in [-0.3, -0.25) is 9.89 Å². The number of aryl methyl sites for hydroxylation is 1.